The molecule has 2 N–H and O–H groups in total. The van der Waals surface area contributed by atoms with Crippen LogP contribution in [0.5, 0.6) is 0 Å². The molecule has 6 heteroatoms. The lowest BCUT2D eigenvalue weighted by Gasteiger charge is -2.08. The number of thioether (sulfide) groups is 1. The molecule has 1 aromatic rings. The van der Waals surface area contributed by atoms with E-state index >= 15 is 0 Å². The van der Waals surface area contributed by atoms with Crippen molar-refractivity contribution in [2.75, 3.05) is 19.1 Å². The Kier molecular flexibility index (Phi) is 4.79. The van der Waals surface area contributed by atoms with E-state index in [0.29, 0.717) is 17.9 Å². The standard InChI is InChI=1S/C10H15NO3S2/c1-15-9-4-3-8(5-6-14-11)7-10(9)16(2,12)13/h3-4,7H,5-6,11H2,1-2H3. The SMILES string of the molecule is CSc1ccc(CCON)cc1S(C)(=O)=O. The van der Waals surface area contributed by atoms with Crippen LogP contribution in [0.15, 0.2) is 28.0 Å². The van der Waals surface area contributed by atoms with Gasteiger partial charge in [-0.1, -0.05) is 6.07 Å². The summed E-state index contributed by atoms with van der Waals surface area (Å²) in [6.45, 7) is 0.377. The smallest absolute Gasteiger partial charge is 0.176 e. The molecule has 4 nitrogen and oxygen atoms in total. The summed E-state index contributed by atoms with van der Waals surface area (Å²) in [5.41, 5.74) is 0.906. The Hall–Kier alpha value is -0.560. The third-order valence-corrected chi connectivity index (χ3v) is 4.20. The molecule has 1 rings (SSSR count). The zero-order valence-corrected chi connectivity index (χ0v) is 10.9. The number of benzene rings is 1. The van der Waals surface area contributed by atoms with Crippen molar-refractivity contribution in [3.05, 3.63) is 23.8 Å². The minimum Gasteiger partial charge on any atom is -0.304 e. The van der Waals surface area contributed by atoms with Gasteiger partial charge >= 0.3 is 0 Å². The van der Waals surface area contributed by atoms with Gasteiger partial charge in [-0.25, -0.2) is 14.3 Å². The van der Waals surface area contributed by atoms with Crippen molar-refractivity contribution < 1.29 is 13.3 Å². The largest absolute Gasteiger partial charge is 0.304 e. The summed E-state index contributed by atoms with van der Waals surface area (Å²) < 4.78 is 23.1. The Bertz CT molecular complexity index is 457. The van der Waals surface area contributed by atoms with E-state index in [1.165, 1.54) is 18.0 Å². The highest BCUT2D eigenvalue weighted by Crippen LogP contribution is 2.25. The average Bonchev–Trinajstić information content (AvgIpc) is 2.24. The second-order valence-electron chi connectivity index (χ2n) is 3.38. The quantitative estimate of drug-likeness (QED) is 0.638. The Morgan fingerprint density at radius 1 is 1.44 bits per heavy atom. The molecular weight excluding hydrogens is 246 g/mol. The maximum absolute atomic E-state index is 11.6. The van der Waals surface area contributed by atoms with Gasteiger partial charge in [-0.3, -0.25) is 0 Å². The molecule has 0 unspecified atom stereocenters. The van der Waals surface area contributed by atoms with E-state index in [9.17, 15) is 8.42 Å². The Morgan fingerprint density at radius 2 is 2.12 bits per heavy atom. The summed E-state index contributed by atoms with van der Waals surface area (Å²) in [6.07, 6.45) is 3.67. The molecule has 0 saturated heterocycles. The molecule has 0 atom stereocenters. The van der Waals surface area contributed by atoms with Crippen molar-refractivity contribution >= 4 is 21.6 Å². The van der Waals surface area contributed by atoms with E-state index in [1.54, 1.807) is 6.07 Å². The van der Waals surface area contributed by atoms with Crippen LogP contribution in [0.4, 0.5) is 0 Å². The summed E-state index contributed by atoms with van der Waals surface area (Å²) in [5.74, 6) is 4.93. The summed E-state index contributed by atoms with van der Waals surface area (Å²) in [5, 5.41) is 0. The summed E-state index contributed by atoms with van der Waals surface area (Å²) >= 11 is 1.42. The molecule has 0 aromatic heterocycles. The first-order chi connectivity index (χ1) is 7.49. The number of hydrogen-bond acceptors (Lipinski definition) is 5. The lowest BCUT2D eigenvalue weighted by atomic mass is 10.2. The van der Waals surface area contributed by atoms with Crippen molar-refractivity contribution in [1.82, 2.24) is 0 Å². The first-order valence-corrected chi connectivity index (χ1v) is 7.79. The highest BCUT2D eigenvalue weighted by molar-refractivity contribution is 7.99. The van der Waals surface area contributed by atoms with Crippen LogP contribution in [0.1, 0.15) is 5.56 Å². The summed E-state index contributed by atoms with van der Waals surface area (Å²) in [6, 6.07) is 5.38. The topological polar surface area (TPSA) is 69.4 Å². The van der Waals surface area contributed by atoms with E-state index < -0.39 is 9.84 Å². The van der Waals surface area contributed by atoms with Crippen LogP contribution in [0.2, 0.25) is 0 Å². The van der Waals surface area contributed by atoms with E-state index in [1.807, 2.05) is 18.4 Å². The molecule has 0 saturated carbocycles. The molecule has 0 radical (unpaired) electrons. The van der Waals surface area contributed by atoms with Crippen LogP contribution in [-0.2, 0) is 21.1 Å². The Morgan fingerprint density at radius 3 is 2.62 bits per heavy atom. The van der Waals surface area contributed by atoms with Gasteiger partial charge in [-0.05, 0) is 30.4 Å². The molecule has 0 bridgehead atoms. The van der Waals surface area contributed by atoms with Crippen LogP contribution < -0.4 is 5.90 Å². The van der Waals surface area contributed by atoms with Crippen molar-refractivity contribution in [3.8, 4) is 0 Å². The van der Waals surface area contributed by atoms with Crippen LogP contribution in [-0.4, -0.2) is 27.5 Å². The lowest BCUT2D eigenvalue weighted by Crippen LogP contribution is -2.05. The van der Waals surface area contributed by atoms with Crippen molar-refractivity contribution in [1.29, 1.82) is 0 Å². The van der Waals surface area contributed by atoms with Gasteiger partial charge < -0.3 is 4.84 Å². The first-order valence-electron chi connectivity index (χ1n) is 4.67. The van der Waals surface area contributed by atoms with Crippen LogP contribution in [0, 0.1) is 0 Å². The van der Waals surface area contributed by atoms with E-state index in [0.717, 1.165) is 10.5 Å². The Balaban J connectivity index is 3.12. The molecule has 16 heavy (non-hydrogen) atoms. The molecule has 0 aliphatic heterocycles. The Labute approximate surface area is 100 Å². The fourth-order valence-electron chi connectivity index (χ4n) is 1.34. The monoisotopic (exact) mass is 261 g/mol. The van der Waals surface area contributed by atoms with Crippen LogP contribution in [0.3, 0.4) is 0 Å². The van der Waals surface area contributed by atoms with E-state index in [-0.39, 0.29) is 0 Å². The second-order valence-corrected chi connectivity index (χ2v) is 6.21. The fraction of sp³-hybridized carbons (Fsp3) is 0.400. The summed E-state index contributed by atoms with van der Waals surface area (Å²) in [7, 11) is -3.19. The summed E-state index contributed by atoms with van der Waals surface area (Å²) in [4.78, 5) is 5.61. The minimum atomic E-state index is -3.19. The predicted molar refractivity (Wildman–Crippen MR) is 65.2 cm³/mol. The molecule has 90 valence electrons. The molecule has 0 heterocycles. The maximum atomic E-state index is 11.6. The lowest BCUT2D eigenvalue weighted by molar-refractivity contribution is 0.141. The highest BCUT2D eigenvalue weighted by atomic mass is 32.2. The number of hydrogen-bond donors (Lipinski definition) is 1. The second kappa shape index (κ2) is 5.67. The average molecular weight is 261 g/mol. The molecular formula is C10H15NO3S2. The maximum Gasteiger partial charge on any atom is 0.176 e. The normalized spacial score (nSPS) is 11.7. The van der Waals surface area contributed by atoms with Crippen molar-refractivity contribution in [2.24, 2.45) is 5.90 Å². The van der Waals surface area contributed by atoms with Gasteiger partial charge in [-0.15, -0.1) is 11.8 Å². The van der Waals surface area contributed by atoms with E-state index in [2.05, 4.69) is 4.84 Å². The molecule has 0 aliphatic carbocycles. The molecule has 0 amide bonds. The van der Waals surface area contributed by atoms with Crippen LogP contribution >= 0.6 is 11.8 Å². The first kappa shape index (κ1) is 13.5. The predicted octanol–water partition coefficient (Wildman–Crippen LogP) is 1.24. The third kappa shape index (κ3) is 3.48. The van der Waals surface area contributed by atoms with Crippen molar-refractivity contribution in [2.45, 2.75) is 16.2 Å². The van der Waals surface area contributed by atoms with Gasteiger partial charge in [-0.2, -0.15) is 0 Å². The molecule has 0 spiro atoms. The molecule has 0 fully saturated rings. The number of sulfone groups is 1. The number of nitrogens with two attached hydrogens (primary N) is 1. The van der Waals surface area contributed by atoms with Crippen molar-refractivity contribution in [3.63, 3.8) is 0 Å². The fourth-order valence-corrected chi connectivity index (χ4v) is 3.31. The molecule has 0 aliphatic rings. The van der Waals surface area contributed by atoms with Gasteiger partial charge in [0.1, 0.15) is 0 Å². The molecule has 1 aromatic carbocycles. The van der Waals surface area contributed by atoms with Gasteiger partial charge in [0.05, 0.1) is 11.5 Å². The van der Waals surface area contributed by atoms with Gasteiger partial charge in [0.2, 0.25) is 0 Å². The zero-order valence-electron chi connectivity index (χ0n) is 9.26. The number of rotatable bonds is 5. The van der Waals surface area contributed by atoms with Crippen LogP contribution in [0.25, 0.3) is 0 Å². The van der Waals surface area contributed by atoms with Gasteiger partial charge in [0.25, 0.3) is 0 Å². The highest BCUT2D eigenvalue weighted by Gasteiger charge is 2.13. The zero-order chi connectivity index (χ0) is 12.2. The third-order valence-electron chi connectivity index (χ3n) is 2.14. The minimum absolute atomic E-state index is 0.370. The van der Waals surface area contributed by atoms with Gasteiger partial charge in [0, 0.05) is 11.2 Å². The van der Waals surface area contributed by atoms with Gasteiger partial charge in [0.15, 0.2) is 9.84 Å². The van der Waals surface area contributed by atoms with E-state index in [4.69, 9.17) is 5.90 Å².